The summed E-state index contributed by atoms with van der Waals surface area (Å²) >= 11 is 1.56. The molecule has 0 aromatic heterocycles. The van der Waals surface area contributed by atoms with Crippen molar-refractivity contribution in [1.82, 2.24) is 0 Å². The molecule has 5 nitrogen and oxygen atoms in total. The fourth-order valence-corrected chi connectivity index (χ4v) is 2.83. The highest BCUT2D eigenvalue weighted by Gasteiger charge is 2.15. The van der Waals surface area contributed by atoms with E-state index in [0.717, 1.165) is 28.4 Å². The number of phenols is 1. The smallest absolute Gasteiger partial charge is 0.257 e. The maximum Gasteiger partial charge on any atom is 0.257 e. The topological polar surface area (TPSA) is 69.8 Å². The van der Waals surface area contributed by atoms with Gasteiger partial charge in [-0.1, -0.05) is 25.1 Å². The number of carbonyl (C=O) groups is 1. The number of aromatic hydroxyl groups is 1. The molecule has 0 bridgehead atoms. The van der Waals surface area contributed by atoms with E-state index in [9.17, 15) is 15.1 Å². The molecular formula is C17H26NO4S+. The average Bonchev–Trinajstić information content (AvgIpc) is 2.49. The highest BCUT2D eigenvalue weighted by molar-refractivity contribution is 8.13. The second-order valence-electron chi connectivity index (χ2n) is 5.34. The van der Waals surface area contributed by atoms with Crippen molar-refractivity contribution in [1.29, 1.82) is 0 Å². The molecule has 0 spiro atoms. The maximum atomic E-state index is 11.5. The van der Waals surface area contributed by atoms with Crippen LogP contribution in [0.5, 0.6) is 11.5 Å². The predicted molar refractivity (Wildman–Crippen MR) is 93.3 cm³/mol. The van der Waals surface area contributed by atoms with Gasteiger partial charge < -0.3 is 9.84 Å². The molecule has 6 heteroatoms. The number of hydroxylamine groups is 1. The Morgan fingerprint density at radius 3 is 2.61 bits per heavy atom. The summed E-state index contributed by atoms with van der Waals surface area (Å²) in [6.45, 7) is 5.83. The standard InChI is InChI=1S/C17H25NO4S/c1-5-7-15-16(9-8-14(12(2)19)17(15)20)22-10-6-11-23-13(3)18(4)21/h8-9H,5-7,10-11H2,1-4H3,(H-,19,20,21)/p+1. The van der Waals surface area contributed by atoms with Crippen LogP contribution in [0.4, 0.5) is 0 Å². The quantitative estimate of drug-likeness (QED) is 0.144. The van der Waals surface area contributed by atoms with E-state index in [1.807, 2.05) is 13.8 Å². The largest absolute Gasteiger partial charge is 0.507 e. The molecule has 0 amide bonds. The molecule has 0 saturated carbocycles. The van der Waals surface area contributed by atoms with Gasteiger partial charge in [-0.2, -0.15) is 0 Å². The number of carbonyl (C=O) groups excluding carboxylic acids is 1. The van der Waals surface area contributed by atoms with Crippen LogP contribution in [0.3, 0.4) is 0 Å². The third kappa shape index (κ3) is 5.78. The third-order valence-corrected chi connectivity index (χ3v) is 4.61. The first kappa shape index (κ1) is 19.4. The average molecular weight is 340 g/mol. The van der Waals surface area contributed by atoms with Crippen LogP contribution >= 0.6 is 11.8 Å². The molecule has 1 rings (SSSR count). The lowest BCUT2D eigenvalue weighted by molar-refractivity contribution is -0.752. The number of rotatable bonds is 8. The summed E-state index contributed by atoms with van der Waals surface area (Å²) in [5.41, 5.74) is 1.04. The minimum Gasteiger partial charge on any atom is -0.507 e. The molecule has 128 valence electrons. The molecule has 0 fully saturated rings. The zero-order valence-electron chi connectivity index (χ0n) is 14.3. The summed E-state index contributed by atoms with van der Waals surface area (Å²) in [5, 5.41) is 20.3. The van der Waals surface area contributed by atoms with Crippen LogP contribution in [0, 0.1) is 0 Å². The van der Waals surface area contributed by atoms with Gasteiger partial charge in [-0.15, -0.1) is 0 Å². The van der Waals surface area contributed by atoms with Gasteiger partial charge in [0.05, 0.1) is 12.2 Å². The lowest BCUT2D eigenvalue weighted by Gasteiger charge is -2.14. The van der Waals surface area contributed by atoms with Gasteiger partial charge in [-0.05, 0) is 36.6 Å². The summed E-state index contributed by atoms with van der Waals surface area (Å²) in [7, 11) is 1.59. The van der Waals surface area contributed by atoms with Crippen LogP contribution in [-0.2, 0) is 6.42 Å². The first-order chi connectivity index (χ1) is 10.9. The zero-order valence-corrected chi connectivity index (χ0v) is 15.1. The Balaban J connectivity index is 2.68. The molecule has 0 heterocycles. The van der Waals surface area contributed by atoms with Crippen molar-refractivity contribution < 1.29 is 24.6 Å². The molecule has 1 aromatic carbocycles. The number of ketones is 1. The Kier molecular flexibility index (Phi) is 7.95. The number of Topliss-reactive ketones (excluding diaryl/α,β-unsaturated/α-hetero) is 1. The molecule has 1 aromatic rings. The van der Waals surface area contributed by atoms with Gasteiger partial charge in [0.15, 0.2) is 12.8 Å². The van der Waals surface area contributed by atoms with Crippen LogP contribution in [0.2, 0.25) is 0 Å². The van der Waals surface area contributed by atoms with Crippen molar-refractivity contribution in [3.63, 3.8) is 0 Å². The lowest BCUT2D eigenvalue weighted by atomic mass is 10.0. The van der Waals surface area contributed by atoms with Gasteiger partial charge in [-0.25, -0.2) is 0 Å². The Hall–Kier alpha value is -1.69. The minimum absolute atomic E-state index is 0.0392. The second kappa shape index (κ2) is 9.45. The van der Waals surface area contributed by atoms with Gasteiger partial charge in [-0.3, -0.25) is 10.0 Å². The van der Waals surface area contributed by atoms with Crippen molar-refractivity contribution in [2.24, 2.45) is 0 Å². The van der Waals surface area contributed by atoms with Crippen LogP contribution in [0.1, 0.15) is 49.5 Å². The van der Waals surface area contributed by atoms with Crippen molar-refractivity contribution in [2.45, 2.75) is 40.0 Å². The van der Waals surface area contributed by atoms with Gasteiger partial charge in [0, 0.05) is 18.2 Å². The van der Waals surface area contributed by atoms with Crippen LogP contribution in [0.25, 0.3) is 0 Å². The summed E-state index contributed by atoms with van der Waals surface area (Å²) in [5.74, 6) is 1.36. The molecule has 23 heavy (non-hydrogen) atoms. The van der Waals surface area contributed by atoms with Crippen LogP contribution < -0.4 is 4.74 Å². The van der Waals surface area contributed by atoms with E-state index in [-0.39, 0.29) is 11.5 Å². The van der Waals surface area contributed by atoms with Gasteiger partial charge in [0.2, 0.25) is 0 Å². The zero-order chi connectivity index (χ0) is 17.4. The fourth-order valence-electron chi connectivity index (χ4n) is 2.08. The van der Waals surface area contributed by atoms with E-state index in [1.54, 1.807) is 30.9 Å². The minimum atomic E-state index is -0.151. The van der Waals surface area contributed by atoms with E-state index >= 15 is 0 Å². The Morgan fingerprint density at radius 1 is 1.35 bits per heavy atom. The molecule has 0 saturated heterocycles. The number of thioether (sulfide) groups is 1. The third-order valence-electron chi connectivity index (χ3n) is 3.43. The van der Waals surface area contributed by atoms with E-state index in [4.69, 9.17) is 4.74 Å². The molecule has 0 atom stereocenters. The number of ether oxygens (including phenoxy) is 1. The monoisotopic (exact) mass is 340 g/mol. The Bertz CT molecular complexity index is 580. The number of hydrogen-bond acceptors (Lipinski definition) is 5. The summed E-state index contributed by atoms with van der Waals surface area (Å²) in [6.07, 6.45) is 2.34. The van der Waals surface area contributed by atoms with E-state index in [0.29, 0.717) is 29.9 Å². The number of benzene rings is 1. The number of hydrogen-bond donors (Lipinski definition) is 2. The number of phenolic OH excluding ortho intramolecular Hbond substituents is 1. The van der Waals surface area contributed by atoms with E-state index in [1.165, 1.54) is 6.92 Å². The highest BCUT2D eigenvalue weighted by atomic mass is 32.2. The first-order valence-electron chi connectivity index (χ1n) is 7.76. The normalized spacial score (nSPS) is 12.0. The van der Waals surface area contributed by atoms with Crippen LogP contribution in [0.15, 0.2) is 12.1 Å². The van der Waals surface area contributed by atoms with Crippen molar-refractivity contribution in [3.05, 3.63) is 23.3 Å². The summed E-state index contributed by atoms with van der Waals surface area (Å²) < 4.78 is 6.88. The lowest BCUT2D eigenvalue weighted by Crippen LogP contribution is -2.08. The molecule has 0 aliphatic rings. The van der Waals surface area contributed by atoms with Crippen molar-refractivity contribution >= 4 is 22.6 Å². The summed E-state index contributed by atoms with van der Waals surface area (Å²) in [4.78, 5) is 11.5. The van der Waals surface area contributed by atoms with Crippen molar-refractivity contribution in [2.75, 3.05) is 19.4 Å². The molecule has 0 aliphatic heterocycles. The SMILES string of the molecule is CCCc1c(OCCCSC(C)=[N+](C)O)ccc(C(C)=O)c1O. The Labute approximate surface area is 141 Å². The summed E-state index contributed by atoms with van der Waals surface area (Å²) in [6, 6.07) is 3.37. The predicted octanol–water partition coefficient (Wildman–Crippen LogP) is 3.50. The van der Waals surface area contributed by atoms with E-state index in [2.05, 4.69) is 0 Å². The fraction of sp³-hybridized carbons (Fsp3) is 0.529. The second-order valence-corrected chi connectivity index (χ2v) is 6.63. The first-order valence-corrected chi connectivity index (χ1v) is 8.74. The molecular weight excluding hydrogens is 314 g/mol. The molecule has 0 unspecified atom stereocenters. The van der Waals surface area contributed by atoms with Gasteiger partial charge in [0.1, 0.15) is 11.5 Å². The van der Waals surface area contributed by atoms with E-state index < -0.39 is 0 Å². The molecule has 2 N–H and O–H groups in total. The maximum absolute atomic E-state index is 11.5. The van der Waals surface area contributed by atoms with Gasteiger partial charge >= 0.3 is 0 Å². The van der Waals surface area contributed by atoms with Crippen molar-refractivity contribution in [3.8, 4) is 11.5 Å². The van der Waals surface area contributed by atoms with Gasteiger partial charge in [0.25, 0.3) is 5.04 Å². The number of nitrogens with zero attached hydrogens (tertiary/aromatic N) is 1. The van der Waals surface area contributed by atoms with Crippen LogP contribution in [-0.4, -0.2) is 45.3 Å². The highest BCUT2D eigenvalue weighted by Crippen LogP contribution is 2.33. The molecule has 0 radical (unpaired) electrons. The Morgan fingerprint density at radius 2 is 2.04 bits per heavy atom. The molecule has 0 aliphatic carbocycles.